The molecule has 0 aromatic carbocycles. The van der Waals surface area contributed by atoms with Crippen molar-refractivity contribution in [3.63, 3.8) is 0 Å². The predicted molar refractivity (Wildman–Crippen MR) is 42.8 cm³/mol. The molecule has 0 aliphatic heterocycles. The van der Waals surface area contributed by atoms with Crippen LogP contribution >= 0.6 is 0 Å². The van der Waals surface area contributed by atoms with Crippen molar-refractivity contribution in [2.24, 2.45) is 5.73 Å². The highest BCUT2D eigenvalue weighted by Crippen LogP contribution is 1.91. The van der Waals surface area contributed by atoms with Gasteiger partial charge in [-0.3, -0.25) is 4.79 Å². The molecule has 0 fully saturated rings. The monoisotopic (exact) mass is 172 g/mol. The van der Waals surface area contributed by atoms with Gasteiger partial charge in [0.15, 0.2) is 0 Å². The van der Waals surface area contributed by atoms with Crippen LogP contribution in [0.15, 0.2) is 12.4 Å². The van der Waals surface area contributed by atoms with Gasteiger partial charge in [0.1, 0.15) is 6.07 Å². The molecular weight excluding hydrogens is 168 g/mol. The summed E-state index contributed by atoms with van der Waals surface area (Å²) in [5, 5.41) is 8.36. The normalized spacial score (nSPS) is 7.92. The van der Waals surface area contributed by atoms with Crippen molar-refractivity contribution < 1.29 is 4.79 Å². The number of primary amides is 1. The van der Waals surface area contributed by atoms with E-state index in [4.69, 9.17) is 11.0 Å². The van der Waals surface area contributed by atoms with E-state index >= 15 is 0 Å². The molecule has 0 atom stereocenters. The van der Waals surface area contributed by atoms with Crippen LogP contribution in [-0.2, 0) is 4.79 Å². The maximum absolute atomic E-state index is 10.3. The minimum absolute atomic E-state index is 0.0598. The number of amides is 1. The number of carbonyl (C=O) groups is 1. The molecule has 5 nitrogen and oxygen atoms in total. The number of hydrogen-bond acceptors (Lipinski definition) is 4. The fourth-order valence-corrected chi connectivity index (χ4v) is 0.584. The highest BCUT2D eigenvalue weighted by molar-refractivity contribution is 5.92. The van der Waals surface area contributed by atoms with Crippen molar-refractivity contribution in [2.75, 3.05) is 0 Å². The van der Waals surface area contributed by atoms with Crippen molar-refractivity contribution in [1.82, 2.24) is 9.97 Å². The molecule has 0 saturated heterocycles. The van der Waals surface area contributed by atoms with Crippen LogP contribution in [0.4, 0.5) is 0 Å². The van der Waals surface area contributed by atoms with E-state index in [9.17, 15) is 4.79 Å². The molecule has 5 heteroatoms. The summed E-state index contributed by atoms with van der Waals surface area (Å²) < 4.78 is 0. The van der Waals surface area contributed by atoms with Crippen LogP contribution in [-0.4, -0.2) is 15.9 Å². The maximum atomic E-state index is 10.3. The first-order valence-corrected chi connectivity index (χ1v) is 3.26. The molecule has 0 radical (unpaired) electrons. The van der Waals surface area contributed by atoms with Gasteiger partial charge in [0.05, 0.1) is 5.56 Å². The summed E-state index contributed by atoms with van der Waals surface area (Å²) in [7, 11) is 0. The van der Waals surface area contributed by atoms with Gasteiger partial charge in [0, 0.05) is 18.3 Å². The van der Waals surface area contributed by atoms with Crippen LogP contribution in [0.3, 0.4) is 0 Å². The van der Waals surface area contributed by atoms with Crippen LogP contribution in [0.1, 0.15) is 11.4 Å². The van der Waals surface area contributed by atoms with Crippen molar-refractivity contribution in [3.05, 3.63) is 23.8 Å². The summed E-state index contributed by atoms with van der Waals surface area (Å²) in [6, 6.07) is 1.76. The molecule has 13 heavy (non-hydrogen) atoms. The Morgan fingerprint density at radius 2 is 2.08 bits per heavy atom. The van der Waals surface area contributed by atoms with Gasteiger partial charge in [-0.25, -0.2) is 9.97 Å². The molecule has 1 aromatic rings. The summed E-state index contributed by atoms with van der Waals surface area (Å²) in [6.45, 7) is 0. The van der Waals surface area contributed by atoms with Gasteiger partial charge in [-0.05, 0) is 0 Å². The van der Waals surface area contributed by atoms with Crippen LogP contribution in [0.25, 0.3) is 0 Å². The highest BCUT2D eigenvalue weighted by Gasteiger charge is 1.92. The fraction of sp³-hybridized carbons (Fsp3) is 0. The van der Waals surface area contributed by atoms with Gasteiger partial charge in [-0.1, -0.05) is 5.92 Å². The van der Waals surface area contributed by atoms with Crippen molar-refractivity contribution in [2.45, 2.75) is 0 Å². The fourth-order valence-electron chi connectivity index (χ4n) is 0.584. The largest absolute Gasteiger partial charge is 0.359 e. The van der Waals surface area contributed by atoms with E-state index in [2.05, 4.69) is 21.8 Å². The van der Waals surface area contributed by atoms with E-state index in [1.165, 1.54) is 12.4 Å². The summed E-state index contributed by atoms with van der Waals surface area (Å²) >= 11 is 0. The van der Waals surface area contributed by atoms with Gasteiger partial charge < -0.3 is 5.73 Å². The summed E-state index contributed by atoms with van der Waals surface area (Å²) in [6.07, 6.45) is 2.70. The smallest absolute Gasteiger partial charge is 0.293 e. The molecule has 1 amide bonds. The summed E-state index contributed by atoms with van der Waals surface area (Å²) in [4.78, 5) is 17.5. The Labute approximate surface area is 74.2 Å². The van der Waals surface area contributed by atoms with Crippen molar-refractivity contribution in [3.8, 4) is 17.9 Å². The Hall–Kier alpha value is -2.40. The second-order valence-electron chi connectivity index (χ2n) is 2.02. The third kappa shape index (κ3) is 2.60. The lowest BCUT2D eigenvalue weighted by Crippen LogP contribution is -2.06. The molecule has 0 unspecified atom stereocenters. The maximum Gasteiger partial charge on any atom is 0.293 e. The van der Waals surface area contributed by atoms with Crippen LogP contribution in [0.2, 0.25) is 0 Å². The zero-order chi connectivity index (χ0) is 9.68. The summed E-state index contributed by atoms with van der Waals surface area (Å²) in [5.74, 6) is 3.90. The average molecular weight is 172 g/mol. The number of aromatic nitrogens is 2. The van der Waals surface area contributed by atoms with E-state index in [0.29, 0.717) is 5.56 Å². The first kappa shape index (κ1) is 8.69. The quantitative estimate of drug-likeness (QED) is 0.517. The molecule has 0 aliphatic rings. The number of nitriles is 1. The van der Waals surface area contributed by atoms with E-state index in [1.54, 1.807) is 6.07 Å². The number of rotatable bonds is 0. The zero-order valence-electron chi connectivity index (χ0n) is 6.48. The lowest BCUT2D eigenvalue weighted by Gasteiger charge is -1.87. The lowest BCUT2D eigenvalue weighted by atomic mass is 10.3. The Kier molecular flexibility index (Phi) is 2.57. The Morgan fingerprint density at radius 1 is 1.46 bits per heavy atom. The predicted octanol–water partition coefficient (Wildman–Crippen LogP) is -0.815. The van der Waals surface area contributed by atoms with Gasteiger partial charge in [0.25, 0.3) is 5.91 Å². The molecule has 0 bridgehead atoms. The standard InChI is InChI=1S/C8H4N4O/c9-3-8-11-4-6(5-12-8)1-2-7(10)13/h4-5H,(H2,10,13). The SMILES string of the molecule is N#Cc1ncc(C#CC(N)=O)cn1. The van der Waals surface area contributed by atoms with Crippen LogP contribution in [0, 0.1) is 23.2 Å². The third-order valence-corrected chi connectivity index (χ3v) is 1.08. The average Bonchev–Trinajstić information content (AvgIpc) is 2.15. The van der Waals surface area contributed by atoms with Crippen LogP contribution in [0.5, 0.6) is 0 Å². The lowest BCUT2D eigenvalue weighted by molar-refractivity contribution is -0.112. The van der Waals surface area contributed by atoms with E-state index < -0.39 is 5.91 Å². The van der Waals surface area contributed by atoms with E-state index in [1.807, 2.05) is 0 Å². The molecule has 0 aliphatic carbocycles. The Bertz CT molecular complexity index is 418. The molecular formula is C8H4N4O. The molecule has 0 spiro atoms. The molecule has 0 saturated carbocycles. The zero-order valence-corrected chi connectivity index (χ0v) is 6.48. The second kappa shape index (κ2) is 3.84. The van der Waals surface area contributed by atoms with Crippen molar-refractivity contribution in [1.29, 1.82) is 5.26 Å². The number of hydrogen-bond donors (Lipinski definition) is 1. The third-order valence-electron chi connectivity index (χ3n) is 1.08. The number of nitrogens with zero attached hydrogens (tertiary/aromatic N) is 3. The van der Waals surface area contributed by atoms with Crippen LogP contribution < -0.4 is 5.73 Å². The summed E-state index contributed by atoms with van der Waals surface area (Å²) in [5.41, 5.74) is 5.23. The van der Waals surface area contributed by atoms with Gasteiger partial charge in [-0.15, -0.1) is 0 Å². The van der Waals surface area contributed by atoms with Crippen molar-refractivity contribution >= 4 is 5.91 Å². The minimum atomic E-state index is -0.718. The number of nitrogens with two attached hydrogens (primary N) is 1. The Balaban J connectivity index is 2.90. The molecule has 62 valence electrons. The molecule has 1 aromatic heterocycles. The first-order chi connectivity index (χ1) is 6.22. The first-order valence-electron chi connectivity index (χ1n) is 3.26. The molecule has 1 heterocycles. The van der Waals surface area contributed by atoms with E-state index in [-0.39, 0.29) is 5.82 Å². The minimum Gasteiger partial charge on any atom is -0.359 e. The Morgan fingerprint density at radius 3 is 2.54 bits per heavy atom. The topological polar surface area (TPSA) is 92.7 Å². The molecule has 2 N–H and O–H groups in total. The van der Waals surface area contributed by atoms with Gasteiger partial charge in [-0.2, -0.15) is 5.26 Å². The number of carbonyl (C=O) groups excluding carboxylic acids is 1. The van der Waals surface area contributed by atoms with Gasteiger partial charge in [0.2, 0.25) is 5.82 Å². The molecule has 1 rings (SSSR count). The van der Waals surface area contributed by atoms with Gasteiger partial charge >= 0.3 is 0 Å². The highest BCUT2D eigenvalue weighted by atomic mass is 16.1. The van der Waals surface area contributed by atoms with E-state index in [0.717, 1.165) is 0 Å². The second-order valence-corrected chi connectivity index (χ2v) is 2.02.